The molecule has 3 N–H and O–H groups in total. The van der Waals surface area contributed by atoms with Crippen molar-refractivity contribution in [2.45, 2.75) is 46.0 Å². The van der Waals surface area contributed by atoms with Crippen molar-refractivity contribution in [1.29, 1.82) is 0 Å². The maximum absolute atomic E-state index is 13.8. The number of benzene rings is 3. The first-order valence-corrected chi connectivity index (χ1v) is 17.1. The second-order valence-corrected chi connectivity index (χ2v) is 13.3. The molecule has 0 fully saturated rings. The van der Waals surface area contributed by atoms with Gasteiger partial charge in [-0.1, -0.05) is 36.4 Å². The smallest absolute Gasteiger partial charge is 0.342 e. The van der Waals surface area contributed by atoms with E-state index in [0.717, 1.165) is 0 Å². The number of pyridine rings is 1. The molecule has 12 nitrogen and oxygen atoms in total. The first kappa shape index (κ1) is 34.5. The second-order valence-electron chi connectivity index (χ2n) is 11.3. The summed E-state index contributed by atoms with van der Waals surface area (Å²) < 4.78 is 43.9. The van der Waals surface area contributed by atoms with Crippen LogP contribution in [0.2, 0.25) is 0 Å². The Labute approximate surface area is 276 Å². The molecule has 1 aromatic heterocycles. The maximum Gasteiger partial charge on any atom is 0.342 e. The second kappa shape index (κ2) is 14.9. The van der Waals surface area contributed by atoms with Gasteiger partial charge in [0.2, 0.25) is 0 Å². The van der Waals surface area contributed by atoms with Gasteiger partial charge in [0.25, 0.3) is 11.8 Å². The number of hydrogen-bond donors (Lipinski definition) is 3. The van der Waals surface area contributed by atoms with Gasteiger partial charge in [-0.2, -0.15) is 0 Å². The van der Waals surface area contributed by atoms with Crippen molar-refractivity contribution < 1.29 is 42.4 Å². The van der Waals surface area contributed by atoms with Crippen LogP contribution in [0.4, 0.5) is 4.39 Å². The van der Waals surface area contributed by atoms with Crippen LogP contribution in [0.15, 0.2) is 72.9 Å². The van der Waals surface area contributed by atoms with E-state index in [0.29, 0.717) is 22.3 Å². The van der Waals surface area contributed by atoms with Crippen LogP contribution in [0.1, 0.15) is 52.6 Å². The molecule has 2 amide bonds. The molecule has 2 heterocycles. The van der Waals surface area contributed by atoms with Gasteiger partial charge in [0.15, 0.2) is 5.75 Å². The van der Waals surface area contributed by atoms with Crippen molar-refractivity contribution >= 4 is 36.2 Å². The summed E-state index contributed by atoms with van der Waals surface area (Å²) in [5.41, 5.74) is 1.28. The summed E-state index contributed by atoms with van der Waals surface area (Å²) in [6.45, 7) is 5.12. The number of halogens is 1. The molecule has 3 atom stereocenters. The molecule has 1 aliphatic rings. The van der Waals surface area contributed by atoms with E-state index in [1.807, 2.05) is 0 Å². The van der Waals surface area contributed by atoms with Gasteiger partial charge in [-0.25, -0.2) is 9.48 Å². The van der Waals surface area contributed by atoms with Crippen LogP contribution < -0.4 is 14.9 Å². The minimum absolute atomic E-state index is 0.0152. The lowest BCUT2D eigenvalue weighted by atomic mass is 9.96. The Bertz CT molecular complexity index is 1860. The van der Waals surface area contributed by atoms with E-state index >= 15 is 0 Å². The van der Waals surface area contributed by atoms with Crippen molar-refractivity contribution in [3.63, 3.8) is 0 Å². The summed E-state index contributed by atoms with van der Waals surface area (Å²) in [6, 6.07) is 16.5. The van der Waals surface area contributed by atoms with Crippen molar-refractivity contribution in [2.75, 3.05) is 19.5 Å². The van der Waals surface area contributed by atoms with E-state index in [2.05, 4.69) is 15.4 Å². The summed E-state index contributed by atoms with van der Waals surface area (Å²) in [4.78, 5) is 45.2. The Hall–Kier alpha value is -4.84. The van der Waals surface area contributed by atoms with Gasteiger partial charge in [-0.3, -0.25) is 23.9 Å². The predicted molar refractivity (Wildman–Crippen MR) is 175 cm³/mol. The number of phenolic OH excluding ortho intramolecular Hbond substituents is 1. The highest BCUT2D eigenvalue weighted by molar-refractivity contribution is 7.57. The van der Waals surface area contributed by atoms with Crippen molar-refractivity contribution in [2.24, 2.45) is 0 Å². The lowest BCUT2D eigenvalue weighted by Gasteiger charge is -2.25. The fraction of sp³-hybridized carbons (Fsp3) is 0.294. The topological polar surface area (TPSA) is 156 Å². The molecule has 1 aliphatic heterocycles. The van der Waals surface area contributed by atoms with Crippen LogP contribution in [0.5, 0.6) is 11.5 Å². The third-order valence-corrected chi connectivity index (χ3v) is 9.39. The van der Waals surface area contributed by atoms with E-state index in [-0.39, 0.29) is 48.6 Å². The monoisotopic (exact) mass is 678 g/mol. The molecule has 0 radical (unpaired) electrons. The summed E-state index contributed by atoms with van der Waals surface area (Å²) in [5, 5.41) is 17.0. The Morgan fingerprint density at radius 3 is 2.52 bits per heavy atom. The average Bonchev–Trinajstić information content (AvgIpc) is 3.39. The standard InChI is InChI=1S/C34H36FN4O8P/c1-4-45-34(43)22(3)38-48(44,47-25-9-6-5-7-10-25)20-46-21(2)17-37-32(41)28-26-11-8-16-36-30(26)31(40)29-27(28)19-39(33(29)42)18-23-12-14-24(35)15-13-23/h5-16,21-22,40H,4,17-20H2,1-3H3,(H,37,41)(H,38,44)/t21-,22+,48?/m1/s1. The van der Waals surface area contributed by atoms with Crippen LogP contribution in [0.3, 0.4) is 0 Å². The molecule has 0 bridgehead atoms. The van der Waals surface area contributed by atoms with Gasteiger partial charge in [0.05, 0.1) is 23.8 Å². The highest BCUT2D eigenvalue weighted by Gasteiger charge is 2.37. The van der Waals surface area contributed by atoms with Crippen molar-refractivity contribution in [3.05, 3.63) is 101 Å². The summed E-state index contributed by atoms with van der Waals surface area (Å²) in [5.74, 6) is -2.04. The number of hydrogen-bond acceptors (Lipinski definition) is 9. The van der Waals surface area contributed by atoms with Gasteiger partial charge in [0, 0.05) is 36.8 Å². The number of fused-ring (bicyclic) bond motifs is 2. The zero-order valence-corrected chi connectivity index (χ0v) is 27.5. The largest absolute Gasteiger partial charge is 0.505 e. The van der Waals surface area contributed by atoms with Crippen LogP contribution in [0.25, 0.3) is 10.9 Å². The fourth-order valence-corrected chi connectivity index (χ4v) is 7.11. The number of para-hydroxylation sites is 1. The Morgan fingerprint density at radius 1 is 1.08 bits per heavy atom. The Kier molecular flexibility index (Phi) is 10.7. The number of ether oxygens (including phenoxy) is 2. The highest BCUT2D eigenvalue weighted by atomic mass is 31.2. The van der Waals surface area contributed by atoms with E-state index < -0.39 is 49.6 Å². The number of amides is 2. The number of nitrogens with zero attached hydrogens (tertiary/aromatic N) is 2. The molecule has 1 unspecified atom stereocenters. The molecular formula is C34H36FN4O8P. The van der Waals surface area contributed by atoms with Crippen LogP contribution in [-0.4, -0.2) is 64.4 Å². The number of esters is 1. The van der Waals surface area contributed by atoms with Crippen LogP contribution in [0, 0.1) is 5.82 Å². The first-order chi connectivity index (χ1) is 23.0. The van der Waals surface area contributed by atoms with Crippen molar-refractivity contribution in [1.82, 2.24) is 20.3 Å². The molecular weight excluding hydrogens is 642 g/mol. The lowest BCUT2D eigenvalue weighted by molar-refractivity contribution is -0.144. The molecule has 0 spiro atoms. The minimum Gasteiger partial charge on any atom is -0.505 e. The third-order valence-electron chi connectivity index (χ3n) is 7.61. The highest BCUT2D eigenvalue weighted by Crippen LogP contribution is 2.44. The van der Waals surface area contributed by atoms with Gasteiger partial charge in [-0.05, 0) is 56.7 Å². The summed E-state index contributed by atoms with van der Waals surface area (Å²) in [6.07, 6.45) is 0.346. The molecule has 4 aromatic rings. The van der Waals surface area contributed by atoms with Gasteiger partial charge in [0.1, 0.15) is 29.5 Å². The van der Waals surface area contributed by atoms with Crippen LogP contribution >= 0.6 is 7.52 Å². The lowest BCUT2D eigenvalue weighted by Crippen LogP contribution is -2.37. The number of carbonyl (C=O) groups excluding carboxylic acids is 3. The number of rotatable bonds is 14. The normalized spacial score (nSPS) is 15.0. The molecule has 5 rings (SSSR count). The first-order valence-electron chi connectivity index (χ1n) is 15.3. The quantitative estimate of drug-likeness (QED) is 0.121. The minimum atomic E-state index is -3.81. The summed E-state index contributed by atoms with van der Waals surface area (Å²) >= 11 is 0. The fourth-order valence-electron chi connectivity index (χ4n) is 5.32. The number of aromatic nitrogens is 1. The van der Waals surface area contributed by atoms with E-state index in [1.165, 1.54) is 30.2 Å². The zero-order chi connectivity index (χ0) is 34.4. The predicted octanol–water partition coefficient (Wildman–Crippen LogP) is 5.14. The zero-order valence-electron chi connectivity index (χ0n) is 26.6. The molecule has 0 saturated heterocycles. The maximum atomic E-state index is 13.8. The summed E-state index contributed by atoms with van der Waals surface area (Å²) in [7, 11) is -3.81. The van der Waals surface area contributed by atoms with Crippen LogP contribution in [-0.2, 0) is 31.9 Å². The molecule has 0 aliphatic carbocycles. The Morgan fingerprint density at radius 2 is 1.81 bits per heavy atom. The van der Waals surface area contributed by atoms with Crippen molar-refractivity contribution in [3.8, 4) is 11.5 Å². The molecule has 3 aromatic carbocycles. The third kappa shape index (κ3) is 7.82. The van der Waals surface area contributed by atoms with E-state index in [4.69, 9.17) is 14.0 Å². The van der Waals surface area contributed by atoms with E-state index in [9.17, 15) is 28.4 Å². The number of aromatic hydroxyl groups is 1. The molecule has 252 valence electrons. The van der Waals surface area contributed by atoms with Gasteiger partial charge < -0.3 is 29.3 Å². The molecule has 0 saturated carbocycles. The number of phenols is 1. The average molecular weight is 679 g/mol. The van der Waals surface area contributed by atoms with Gasteiger partial charge >= 0.3 is 13.5 Å². The number of carbonyl (C=O) groups is 3. The molecule has 14 heteroatoms. The SMILES string of the molecule is CCOC(=O)[C@H](C)NP(=O)(CO[C@H](C)CNC(=O)c1c2c(c(O)c3ncccc13)C(=O)N(Cc1ccc(F)cc1)C2)Oc1ccccc1. The van der Waals surface area contributed by atoms with Gasteiger partial charge in [-0.15, -0.1) is 0 Å². The molecule has 48 heavy (non-hydrogen) atoms. The van der Waals surface area contributed by atoms with E-state index in [1.54, 1.807) is 68.4 Å². The number of nitrogens with one attached hydrogen (secondary N) is 2. The Balaban J connectivity index is 1.32.